The van der Waals surface area contributed by atoms with Gasteiger partial charge in [-0.15, -0.1) is 5.10 Å². The van der Waals surface area contributed by atoms with Gasteiger partial charge in [-0.2, -0.15) is 0 Å². The van der Waals surface area contributed by atoms with Gasteiger partial charge < -0.3 is 5.32 Å². The molecule has 1 N–H and O–H groups in total. The minimum atomic E-state index is -0.395. The number of nitrogens with one attached hydrogen (secondary N) is 1. The lowest BCUT2D eigenvalue weighted by atomic mass is 10.2. The van der Waals surface area contributed by atoms with Crippen molar-refractivity contribution in [2.75, 3.05) is 16.8 Å². The highest BCUT2D eigenvalue weighted by Gasteiger charge is 2.27. The van der Waals surface area contributed by atoms with Gasteiger partial charge in [0.05, 0.1) is 11.4 Å². The molecule has 8 nitrogen and oxygen atoms in total. The summed E-state index contributed by atoms with van der Waals surface area (Å²) in [6.07, 6.45) is 1.59. The molecule has 2 aromatic heterocycles. The van der Waals surface area contributed by atoms with Gasteiger partial charge in [0.2, 0.25) is 11.8 Å². The van der Waals surface area contributed by atoms with E-state index in [-0.39, 0.29) is 24.9 Å². The van der Waals surface area contributed by atoms with Crippen LogP contribution >= 0.6 is 0 Å². The Balaban J connectivity index is 1.68. The van der Waals surface area contributed by atoms with Crippen LogP contribution in [0.1, 0.15) is 0 Å². The number of rotatable bonds is 2. The van der Waals surface area contributed by atoms with Crippen molar-refractivity contribution in [2.24, 2.45) is 0 Å². The molecular formula is C16H13N5O3. The molecule has 120 valence electrons. The summed E-state index contributed by atoms with van der Waals surface area (Å²) < 4.78 is 2.47. The molecule has 8 heteroatoms. The van der Waals surface area contributed by atoms with E-state index in [1.165, 1.54) is 9.30 Å². The van der Waals surface area contributed by atoms with E-state index in [0.717, 1.165) is 4.68 Å². The minimum absolute atomic E-state index is 0.0853. The number of aromatic nitrogens is 3. The van der Waals surface area contributed by atoms with Crippen molar-refractivity contribution in [1.29, 1.82) is 0 Å². The third kappa shape index (κ3) is 2.24. The number of para-hydroxylation sites is 2. The summed E-state index contributed by atoms with van der Waals surface area (Å²) in [6.45, 7) is -0.319. The van der Waals surface area contributed by atoms with Crippen LogP contribution in [0, 0.1) is 0 Å². The Morgan fingerprint density at radius 2 is 1.92 bits per heavy atom. The molecule has 24 heavy (non-hydrogen) atoms. The van der Waals surface area contributed by atoms with Gasteiger partial charge in [0.25, 0.3) is 0 Å². The molecule has 3 heterocycles. The number of hydrogen-bond acceptors (Lipinski definition) is 4. The molecule has 0 saturated heterocycles. The third-order valence-electron chi connectivity index (χ3n) is 3.85. The molecule has 0 spiro atoms. The van der Waals surface area contributed by atoms with E-state index in [4.69, 9.17) is 0 Å². The van der Waals surface area contributed by atoms with Crippen LogP contribution in [-0.4, -0.2) is 32.5 Å². The van der Waals surface area contributed by atoms with Crippen LogP contribution in [0.4, 0.5) is 11.4 Å². The monoisotopic (exact) mass is 323 g/mol. The first-order valence-corrected chi connectivity index (χ1v) is 7.37. The molecule has 0 unspecified atom stereocenters. The molecule has 0 radical (unpaired) electrons. The topological polar surface area (TPSA) is 88.7 Å². The Labute approximate surface area is 135 Å². The first-order valence-electron chi connectivity index (χ1n) is 7.37. The second-order valence-electron chi connectivity index (χ2n) is 5.41. The van der Waals surface area contributed by atoms with E-state index in [1.54, 1.807) is 48.7 Å². The van der Waals surface area contributed by atoms with Gasteiger partial charge in [-0.3, -0.25) is 18.9 Å². The zero-order valence-corrected chi connectivity index (χ0v) is 12.5. The maximum absolute atomic E-state index is 12.6. The first kappa shape index (κ1) is 14.2. The Hall–Kier alpha value is -3.42. The van der Waals surface area contributed by atoms with E-state index < -0.39 is 5.69 Å². The molecule has 0 atom stereocenters. The quantitative estimate of drug-likeness (QED) is 0.743. The third-order valence-corrected chi connectivity index (χ3v) is 3.85. The molecule has 1 aliphatic rings. The standard InChI is InChI=1S/C16H13N5O3/c22-14-9-20(12-6-2-1-5-11(12)17-14)15(23)10-21-16(24)19-8-4-3-7-13(19)18-21/h1-8H,9-10H2,(H,17,22). The summed E-state index contributed by atoms with van der Waals surface area (Å²) in [4.78, 5) is 38.1. The SMILES string of the molecule is O=C1CN(C(=O)Cn2nc3ccccn3c2=O)c2ccccc2N1. The molecular weight excluding hydrogens is 310 g/mol. The zero-order valence-electron chi connectivity index (χ0n) is 12.5. The Morgan fingerprint density at radius 1 is 1.12 bits per heavy atom. The summed E-state index contributed by atoms with van der Waals surface area (Å²) in [5.41, 5.74) is 1.25. The summed E-state index contributed by atoms with van der Waals surface area (Å²) in [5, 5.41) is 6.86. The predicted octanol–water partition coefficient (Wildman–Crippen LogP) is 0.481. The van der Waals surface area contributed by atoms with E-state index >= 15 is 0 Å². The van der Waals surface area contributed by atoms with Crippen molar-refractivity contribution in [3.05, 3.63) is 59.1 Å². The van der Waals surface area contributed by atoms with Gasteiger partial charge in [0, 0.05) is 6.20 Å². The Morgan fingerprint density at radius 3 is 2.75 bits per heavy atom. The van der Waals surface area contributed by atoms with Crippen LogP contribution in [-0.2, 0) is 16.1 Å². The predicted molar refractivity (Wildman–Crippen MR) is 86.9 cm³/mol. The fourth-order valence-corrected chi connectivity index (χ4v) is 2.74. The molecule has 4 rings (SSSR count). The average molecular weight is 323 g/mol. The average Bonchev–Trinajstić information content (AvgIpc) is 2.90. The second kappa shape index (κ2) is 5.34. The van der Waals surface area contributed by atoms with Gasteiger partial charge in [0.15, 0.2) is 5.65 Å². The van der Waals surface area contributed by atoms with Crippen LogP contribution < -0.4 is 15.9 Å². The highest BCUT2D eigenvalue weighted by molar-refractivity contribution is 6.09. The van der Waals surface area contributed by atoms with Crippen molar-refractivity contribution >= 4 is 28.8 Å². The number of nitrogens with zero attached hydrogens (tertiary/aromatic N) is 4. The molecule has 1 aliphatic heterocycles. The summed E-state index contributed by atoms with van der Waals surface area (Å²) in [6, 6.07) is 12.2. The van der Waals surface area contributed by atoms with Gasteiger partial charge in [0.1, 0.15) is 13.1 Å². The normalized spacial score (nSPS) is 13.7. The molecule has 3 aromatic rings. The molecule has 0 saturated carbocycles. The maximum Gasteiger partial charge on any atom is 0.350 e. The van der Waals surface area contributed by atoms with Crippen LogP contribution in [0.2, 0.25) is 0 Å². The highest BCUT2D eigenvalue weighted by Crippen LogP contribution is 2.28. The Bertz CT molecular complexity index is 1020. The number of fused-ring (bicyclic) bond motifs is 2. The van der Waals surface area contributed by atoms with Crippen LogP contribution in [0.25, 0.3) is 5.65 Å². The molecule has 2 amide bonds. The van der Waals surface area contributed by atoms with Crippen molar-refractivity contribution in [2.45, 2.75) is 6.54 Å². The maximum atomic E-state index is 12.6. The van der Waals surface area contributed by atoms with E-state index in [0.29, 0.717) is 17.0 Å². The lowest BCUT2D eigenvalue weighted by molar-refractivity contribution is -0.122. The fourth-order valence-electron chi connectivity index (χ4n) is 2.74. The van der Waals surface area contributed by atoms with E-state index in [9.17, 15) is 14.4 Å². The zero-order chi connectivity index (χ0) is 16.7. The van der Waals surface area contributed by atoms with Crippen molar-refractivity contribution < 1.29 is 9.59 Å². The van der Waals surface area contributed by atoms with Crippen molar-refractivity contribution in [3.63, 3.8) is 0 Å². The van der Waals surface area contributed by atoms with E-state index in [2.05, 4.69) is 10.4 Å². The summed E-state index contributed by atoms with van der Waals surface area (Å²) >= 11 is 0. The van der Waals surface area contributed by atoms with Gasteiger partial charge >= 0.3 is 5.69 Å². The van der Waals surface area contributed by atoms with Gasteiger partial charge in [-0.05, 0) is 24.3 Å². The van der Waals surface area contributed by atoms with Gasteiger partial charge in [-0.1, -0.05) is 18.2 Å². The first-order chi connectivity index (χ1) is 11.6. The van der Waals surface area contributed by atoms with Crippen LogP contribution in [0.3, 0.4) is 0 Å². The lowest BCUT2D eigenvalue weighted by Gasteiger charge is -2.28. The fraction of sp³-hybridized carbons (Fsp3) is 0.125. The number of pyridine rings is 1. The molecule has 1 aromatic carbocycles. The Kier molecular flexibility index (Phi) is 3.16. The smallest absolute Gasteiger partial charge is 0.323 e. The molecule has 0 bridgehead atoms. The number of carbonyl (C=O) groups excluding carboxylic acids is 2. The minimum Gasteiger partial charge on any atom is -0.323 e. The van der Waals surface area contributed by atoms with Crippen molar-refractivity contribution in [3.8, 4) is 0 Å². The van der Waals surface area contributed by atoms with E-state index in [1.807, 2.05) is 0 Å². The highest BCUT2D eigenvalue weighted by atomic mass is 16.2. The molecule has 0 aliphatic carbocycles. The van der Waals surface area contributed by atoms with Gasteiger partial charge in [-0.25, -0.2) is 9.48 Å². The summed E-state index contributed by atoms with van der Waals surface area (Å²) in [5.74, 6) is -0.646. The molecule has 0 fully saturated rings. The van der Waals surface area contributed by atoms with Crippen LogP contribution in [0.15, 0.2) is 53.5 Å². The largest absolute Gasteiger partial charge is 0.350 e. The number of amides is 2. The summed E-state index contributed by atoms with van der Waals surface area (Å²) in [7, 11) is 0. The number of anilines is 2. The number of hydrogen-bond donors (Lipinski definition) is 1. The lowest BCUT2D eigenvalue weighted by Crippen LogP contribution is -2.44. The van der Waals surface area contributed by atoms with Crippen molar-refractivity contribution in [1.82, 2.24) is 14.2 Å². The van der Waals surface area contributed by atoms with Crippen LogP contribution in [0.5, 0.6) is 0 Å². The number of carbonyl (C=O) groups is 2. The second-order valence-corrected chi connectivity index (χ2v) is 5.41. The number of benzene rings is 1.